The van der Waals surface area contributed by atoms with E-state index in [4.69, 9.17) is 16.3 Å². The number of fused-ring (bicyclic) bond motifs is 1. The molecule has 2 heterocycles. The maximum Gasteiger partial charge on any atom is 0.336 e. The topological polar surface area (TPSA) is 62.7 Å². The molecule has 5 nitrogen and oxygen atoms in total. The number of aromatic carboxylic acids is 1. The van der Waals surface area contributed by atoms with Crippen LogP contribution in [-0.2, 0) is 4.74 Å². The van der Waals surface area contributed by atoms with Crippen molar-refractivity contribution in [2.24, 2.45) is 0 Å². The van der Waals surface area contributed by atoms with E-state index in [-0.39, 0.29) is 5.56 Å². The van der Waals surface area contributed by atoms with Crippen LogP contribution in [0.4, 0.5) is 5.69 Å². The number of hydrogen-bond acceptors (Lipinski definition) is 4. The lowest BCUT2D eigenvalue weighted by Gasteiger charge is -2.30. The van der Waals surface area contributed by atoms with Crippen molar-refractivity contribution in [3.05, 3.63) is 35.0 Å². The number of nitrogens with zero attached hydrogens (tertiary/aromatic N) is 2. The molecule has 104 valence electrons. The molecule has 1 fully saturated rings. The Balaban J connectivity index is 2.18. The third-order valence-corrected chi connectivity index (χ3v) is 3.79. The highest BCUT2D eigenvalue weighted by atomic mass is 35.5. The van der Waals surface area contributed by atoms with Crippen LogP contribution in [0.2, 0.25) is 5.02 Å². The van der Waals surface area contributed by atoms with Crippen LogP contribution in [0.5, 0.6) is 0 Å². The molecule has 0 spiro atoms. The molecule has 0 atom stereocenters. The molecule has 1 aliphatic rings. The van der Waals surface area contributed by atoms with Crippen molar-refractivity contribution in [3.8, 4) is 0 Å². The molecule has 0 unspecified atom stereocenters. The number of carboxylic acids is 1. The first-order valence-electron chi connectivity index (χ1n) is 6.31. The van der Waals surface area contributed by atoms with Gasteiger partial charge in [0.1, 0.15) is 0 Å². The molecule has 20 heavy (non-hydrogen) atoms. The van der Waals surface area contributed by atoms with Gasteiger partial charge in [-0.3, -0.25) is 4.98 Å². The Labute approximate surface area is 120 Å². The minimum absolute atomic E-state index is 0.176. The lowest BCUT2D eigenvalue weighted by Crippen LogP contribution is -2.36. The number of anilines is 1. The van der Waals surface area contributed by atoms with Crippen LogP contribution < -0.4 is 4.90 Å². The first-order chi connectivity index (χ1) is 9.68. The fourth-order valence-electron chi connectivity index (χ4n) is 2.42. The molecule has 0 amide bonds. The maximum atomic E-state index is 11.3. The summed E-state index contributed by atoms with van der Waals surface area (Å²) in [7, 11) is 0. The summed E-state index contributed by atoms with van der Waals surface area (Å²) >= 11 is 6.44. The van der Waals surface area contributed by atoms with Gasteiger partial charge in [0.25, 0.3) is 0 Å². The Bertz CT molecular complexity index is 669. The van der Waals surface area contributed by atoms with Crippen molar-refractivity contribution in [2.75, 3.05) is 31.2 Å². The van der Waals surface area contributed by atoms with Crippen molar-refractivity contribution in [2.45, 2.75) is 0 Å². The SMILES string of the molecule is O=C(O)c1ccnc2ccc(N3CCOCC3)c(Cl)c12. The number of morpholine rings is 1. The molecular formula is C14H13ClN2O3. The van der Waals surface area contributed by atoms with Gasteiger partial charge in [-0.05, 0) is 18.2 Å². The van der Waals surface area contributed by atoms with E-state index in [2.05, 4.69) is 9.88 Å². The van der Waals surface area contributed by atoms with Crippen molar-refractivity contribution in [1.29, 1.82) is 0 Å². The van der Waals surface area contributed by atoms with Gasteiger partial charge in [0.15, 0.2) is 0 Å². The Kier molecular flexibility index (Phi) is 3.46. The van der Waals surface area contributed by atoms with Gasteiger partial charge in [0.05, 0.1) is 35.0 Å². The van der Waals surface area contributed by atoms with Gasteiger partial charge in [-0.2, -0.15) is 0 Å². The Morgan fingerprint density at radius 2 is 2.05 bits per heavy atom. The summed E-state index contributed by atoms with van der Waals surface area (Å²) < 4.78 is 5.32. The van der Waals surface area contributed by atoms with Crippen LogP contribution in [-0.4, -0.2) is 42.4 Å². The fraction of sp³-hybridized carbons (Fsp3) is 0.286. The highest BCUT2D eigenvalue weighted by Gasteiger charge is 2.19. The van der Waals surface area contributed by atoms with Gasteiger partial charge >= 0.3 is 5.97 Å². The molecule has 0 bridgehead atoms. The van der Waals surface area contributed by atoms with Crippen LogP contribution in [0.1, 0.15) is 10.4 Å². The fourth-order valence-corrected chi connectivity index (χ4v) is 2.80. The van der Waals surface area contributed by atoms with Crippen LogP contribution in [0, 0.1) is 0 Å². The van der Waals surface area contributed by atoms with Crippen LogP contribution in [0.15, 0.2) is 24.4 Å². The standard InChI is InChI=1S/C14H13ClN2O3/c15-13-11(17-5-7-20-8-6-17)2-1-10-12(13)9(14(18)19)3-4-16-10/h1-4H,5-8H2,(H,18,19). The maximum absolute atomic E-state index is 11.3. The summed E-state index contributed by atoms with van der Waals surface area (Å²) in [6.07, 6.45) is 1.48. The van der Waals surface area contributed by atoms with E-state index in [0.717, 1.165) is 18.8 Å². The molecule has 1 aromatic carbocycles. The summed E-state index contributed by atoms with van der Waals surface area (Å²) in [5, 5.41) is 10.2. The van der Waals surface area contributed by atoms with E-state index in [1.165, 1.54) is 12.3 Å². The summed E-state index contributed by atoms with van der Waals surface area (Å²) in [6, 6.07) is 5.16. The zero-order valence-electron chi connectivity index (χ0n) is 10.7. The summed E-state index contributed by atoms with van der Waals surface area (Å²) in [5.41, 5.74) is 1.60. The third kappa shape index (κ3) is 2.19. The number of halogens is 1. The van der Waals surface area contributed by atoms with Crippen LogP contribution >= 0.6 is 11.6 Å². The molecule has 1 aliphatic heterocycles. The minimum atomic E-state index is -1.00. The van der Waals surface area contributed by atoms with E-state index in [1.807, 2.05) is 6.07 Å². The van der Waals surface area contributed by atoms with E-state index < -0.39 is 5.97 Å². The van der Waals surface area contributed by atoms with Crippen LogP contribution in [0.25, 0.3) is 10.9 Å². The molecular weight excluding hydrogens is 280 g/mol. The molecule has 1 saturated heterocycles. The summed E-state index contributed by atoms with van der Waals surface area (Å²) in [5.74, 6) is -1.00. The predicted octanol–water partition coefficient (Wildman–Crippen LogP) is 2.42. The first kappa shape index (κ1) is 13.1. The Morgan fingerprint density at radius 3 is 2.75 bits per heavy atom. The number of carboxylic acid groups (broad SMARTS) is 1. The predicted molar refractivity (Wildman–Crippen MR) is 76.7 cm³/mol. The van der Waals surface area contributed by atoms with E-state index >= 15 is 0 Å². The average molecular weight is 293 g/mol. The zero-order chi connectivity index (χ0) is 14.1. The second-order valence-electron chi connectivity index (χ2n) is 4.56. The lowest BCUT2D eigenvalue weighted by molar-refractivity contribution is 0.0699. The minimum Gasteiger partial charge on any atom is -0.478 e. The molecule has 0 saturated carbocycles. The highest BCUT2D eigenvalue weighted by molar-refractivity contribution is 6.39. The summed E-state index contributed by atoms with van der Waals surface area (Å²) in [6.45, 7) is 2.78. The second-order valence-corrected chi connectivity index (χ2v) is 4.93. The molecule has 1 aromatic heterocycles. The monoisotopic (exact) mass is 292 g/mol. The number of carbonyl (C=O) groups is 1. The van der Waals surface area contributed by atoms with Crippen molar-refractivity contribution in [1.82, 2.24) is 4.98 Å². The van der Waals surface area contributed by atoms with Gasteiger partial charge < -0.3 is 14.7 Å². The average Bonchev–Trinajstić information content (AvgIpc) is 2.48. The third-order valence-electron chi connectivity index (χ3n) is 3.41. The number of benzene rings is 1. The normalized spacial score (nSPS) is 15.6. The number of hydrogen-bond donors (Lipinski definition) is 1. The lowest BCUT2D eigenvalue weighted by atomic mass is 10.1. The van der Waals surface area contributed by atoms with Gasteiger partial charge in [-0.15, -0.1) is 0 Å². The van der Waals surface area contributed by atoms with Crippen molar-refractivity contribution < 1.29 is 14.6 Å². The largest absolute Gasteiger partial charge is 0.478 e. The highest BCUT2D eigenvalue weighted by Crippen LogP contribution is 2.35. The van der Waals surface area contributed by atoms with Crippen molar-refractivity contribution in [3.63, 3.8) is 0 Å². The number of pyridine rings is 1. The van der Waals surface area contributed by atoms with Gasteiger partial charge in [0, 0.05) is 24.7 Å². The molecule has 0 radical (unpaired) electrons. The Hall–Kier alpha value is -1.85. The van der Waals surface area contributed by atoms with Crippen molar-refractivity contribution >= 4 is 34.2 Å². The summed E-state index contributed by atoms with van der Waals surface area (Å²) in [4.78, 5) is 17.6. The quantitative estimate of drug-likeness (QED) is 0.921. The van der Waals surface area contributed by atoms with E-state index in [1.54, 1.807) is 6.07 Å². The van der Waals surface area contributed by atoms with Gasteiger partial charge in [-0.25, -0.2) is 4.79 Å². The molecule has 6 heteroatoms. The smallest absolute Gasteiger partial charge is 0.336 e. The Morgan fingerprint density at radius 1 is 1.30 bits per heavy atom. The zero-order valence-corrected chi connectivity index (χ0v) is 11.4. The number of rotatable bonds is 2. The van der Waals surface area contributed by atoms with Gasteiger partial charge in [0.2, 0.25) is 0 Å². The molecule has 0 aliphatic carbocycles. The molecule has 1 N–H and O–H groups in total. The van der Waals surface area contributed by atoms with Gasteiger partial charge in [-0.1, -0.05) is 11.6 Å². The number of aromatic nitrogens is 1. The number of ether oxygens (including phenoxy) is 1. The van der Waals surface area contributed by atoms with Crippen LogP contribution in [0.3, 0.4) is 0 Å². The first-order valence-corrected chi connectivity index (χ1v) is 6.69. The molecule has 2 aromatic rings. The molecule has 3 rings (SSSR count). The van der Waals surface area contributed by atoms with E-state index in [0.29, 0.717) is 29.1 Å². The van der Waals surface area contributed by atoms with E-state index in [9.17, 15) is 9.90 Å². The second kappa shape index (κ2) is 5.26.